The van der Waals surface area contributed by atoms with Gasteiger partial charge in [0, 0.05) is 26.2 Å². The normalized spacial score (nSPS) is 10.7. The van der Waals surface area contributed by atoms with E-state index in [1.54, 1.807) is 0 Å². The van der Waals surface area contributed by atoms with Gasteiger partial charge >= 0.3 is 0 Å². The van der Waals surface area contributed by atoms with Crippen molar-refractivity contribution in [2.24, 2.45) is 0 Å². The van der Waals surface area contributed by atoms with Crippen LogP contribution in [0.15, 0.2) is 138 Å². The van der Waals surface area contributed by atoms with Crippen LogP contribution in [0.2, 0.25) is 0 Å². The van der Waals surface area contributed by atoms with Crippen molar-refractivity contribution in [1.82, 2.24) is 4.98 Å². The summed E-state index contributed by atoms with van der Waals surface area (Å²) >= 11 is 3.66. The number of rotatable bonds is 10. The van der Waals surface area contributed by atoms with Gasteiger partial charge in [-0.05, 0) is 50.3 Å². The Morgan fingerprint density at radius 1 is 0.432 bits per heavy atom. The molecule has 184 valence electrons. The van der Waals surface area contributed by atoms with Gasteiger partial charge in [-0.1, -0.05) is 121 Å². The summed E-state index contributed by atoms with van der Waals surface area (Å²) < 4.78 is 0.830. The van der Waals surface area contributed by atoms with Crippen LogP contribution in [-0.4, -0.2) is 4.98 Å². The fraction of sp³-hybridized carbons (Fsp3) is 0.121. The summed E-state index contributed by atoms with van der Waals surface area (Å²) in [5.74, 6) is 0.967. The molecule has 4 aromatic carbocycles. The van der Waals surface area contributed by atoms with E-state index < -0.39 is 0 Å². The number of halogens is 1. The van der Waals surface area contributed by atoms with Crippen LogP contribution < -0.4 is 9.80 Å². The molecule has 0 unspecified atom stereocenters. The fourth-order valence-electron chi connectivity index (χ4n) is 4.54. The van der Waals surface area contributed by atoms with Crippen molar-refractivity contribution in [2.75, 3.05) is 9.80 Å². The molecular formula is C33H30BrN3. The Balaban J connectivity index is 1.57. The molecule has 0 amide bonds. The molecule has 37 heavy (non-hydrogen) atoms. The summed E-state index contributed by atoms with van der Waals surface area (Å²) in [6.07, 6.45) is 0. The molecule has 4 heteroatoms. The van der Waals surface area contributed by atoms with Crippen LogP contribution in [0.5, 0.6) is 0 Å². The summed E-state index contributed by atoms with van der Waals surface area (Å²) in [7, 11) is 0. The molecule has 0 spiro atoms. The number of hydrogen-bond donors (Lipinski definition) is 0. The quantitative estimate of drug-likeness (QED) is 0.164. The smallest absolute Gasteiger partial charge is 0.154 e. The van der Waals surface area contributed by atoms with E-state index in [-0.39, 0.29) is 0 Å². The van der Waals surface area contributed by atoms with E-state index in [2.05, 4.69) is 153 Å². The summed E-state index contributed by atoms with van der Waals surface area (Å²) in [5.41, 5.74) is 6.16. The second-order valence-corrected chi connectivity index (χ2v) is 9.94. The second kappa shape index (κ2) is 12.4. The van der Waals surface area contributed by atoms with E-state index in [1.807, 2.05) is 6.07 Å². The topological polar surface area (TPSA) is 19.4 Å². The van der Waals surface area contributed by atoms with Gasteiger partial charge in [0.25, 0.3) is 0 Å². The molecule has 1 aromatic heterocycles. The van der Waals surface area contributed by atoms with Gasteiger partial charge in [-0.3, -0.25) is 0 Å². The first-order valence-corrected chi connectivity index (χ1v) is 13.4. The highest BCUT2D eigenvalue weighted by atomic mass is 79.9. The molecular weight excluding hydrogens is 518 g/mol. The van der Waals surface area contributed by atoms with E-state index >= 15 is 0 Å². The molecule has 3 nitrogen and oxygen atoms in total. The monoisotopic (exact) mass is 547 g/mol. The molecule has 0 fully saturated rings. The van der Waals surface area contributed by atoms with Crippen molar-refractivity contribution in [1.29, 1.82) is 0 Å². The maximum absolute atomic E-state index is 5.07. The number of nitrogens with zero attached hydrogens (tertiary/aromatic N) is 3. The van der Waals surface area contributed by atoms with E-state index in [4.69, 9.17) is 4.98 Å². The molecule has 1 heterocycles. The van der Waals surface area contributed by atoms with Crippen LogP contribution in [0.4, 0.5) is 11.5 Å². The van der Waals surface area contributed by atoms with Crippen LogP contribution in [0.3, 0.4) is 0 Å². The zero-order valence-corrected chi connectivity index (χ0v) is 22.3. The molecule has 0 bridgehead atoms. The third-order valence-corrected chi connectivity index (χ3v) is 6.77. The zero-order valence-electron chi connectivity index (χ0n) is 20.7. The van der Waals surface area contributed by atoms with Gasteiger partial charge in [0.2, 0.25) is 0 Å². The van der Waals surface area contributed by atoms with Crippen molar-refractivity contribution in [3.05, 3.63) is 160 Å². The van der Waals surface area contributed by atoms with Crippen LogP contribution in [0.25, 0.3) is 0 Å². The predicted molar refractivity (Wildman–Crippen MR) is 157 cm³/mol. The minimum absolute atomic E-state index is 0.761. The van der Waals surface area contributed by atoms with Gasteiger partial charge in [0.05, 0.1) is 5.69 Å². The lowest BCUT2D eigenvalue weighted by Gasteiger charge is -2.32. The average Bonchev–Trinajstić information content (AvgIpc) is 2.95. The lowest BCUT2D eigenvalue weighted by molar-refractivity contribution is 0.754. The first-order valence-electron chi connectivity index (χ1n) is 12.6. The van der Waals surface area contributed by atoms with Gasteiger partial charge in [0.15, 0.2) is 5.82 Å². The maximum Gasteiger partial charge on any atom is 0.154 e. The highest BCUT2D eigenvalue weighted by molar-refractivity contribution is 9.10. The highest BCUT2D eigenvalue weighted by Crippen LogP contribution is 2.34. The van der Waals surface area contributed by atoms with Gasteiger partial charge in [-0.15, -0.1) is 0 Å². The Morgan fingerprint density at radius 2 is 0.784 bits per heavy atom. The molecule has 0 radical (unpaired) electrons. The molecule has 0 atom stereocenters. The maximum atomic E-state index is 5.07. The lowest BCUT2D eigenvalue weighted by Crippen LogP contribution is -2.29. The summed E-state index contributed by atoms with van der Waals surface area (Å²) in [6, 6.07) is 46.8. The van der Waals surface area contributed by atoms with Crippen molar-refractivity contribution in [2.45, 2.75) is 26.2 Å². The molecule has 5 rings (SSSR count). The van der Waals surface area contributed by atoms with Gasteiger partial charge < -0.3 is 9.80 Å². The zero-order chi connectivity index (χ0) is 25.3. The van der Waals surface area contributed by atoms with Crippen LogP contribution in [-0.2, 0) is 26.2 Å². The third kappa shape index (κ3) is 6.87. The summed E-state index contributed by atoms with van der Waals surface area (Å²) in [4.78, 5) is 9.89. The van der Waals surface area contributed by atoms with Gasteiger partial charge in [-0.2, -0.15) is 0 Å². The van der Waals surface area contributed by atoms with E-state index in [1.165, 1.54) is 22.3 Å². The fourth-order valence-corrected chi connectivity index (χ4v) is 4.84. The van der Waals surface area contributed by atoms with Crippen molar-refractivity contribution < 1.29 is 0 Å². The summed E-state index contributed by atoms with van der Waals surface area (Å²) in [5, 5.41) is 0. The lowest BCUT2D eigenvalue weighted by atomic mass is 10.1. The summed E-state index contributed by atoms with van der Waals surface area (Å²) in [6.45, 7) is 3.10. The number of aromatic nitrogens is 1. The average molecular weight is 549 g/mol. The number of pyridine rings is 1. The number of benzene rings is 4. The SMILES string of the molecule is Brc1ccc(N(Cc2ccccc2)Cc2ccccc2)c(N(Cc2ccccc2)Cc2ccccc2)n1. The molecule has 0 aliphatic rings. The van der Waals surface area contributed by atoms with E-state index in [0.29, 0.717) is 0 Å². The van der Waals surface area contributed by atoms with Gasteiger partial charge in [0.1, 0.15) is 4.60 Å². The first kappa shape index (κ1) is 24.8. The second-order valence-electron chi connectivity index (χ2n) is 9.13. The Labute approximate surface area is 228 Å². The molecule has 0 N–H and O–H groups in total. The minimum Gasteiger partial charge on any atom is -0.360 e. The Morgan fingerprint density at radius 3 is 1.16 bits per heavy atom. The molecule has 0 saturated heterocycles. The Hall–Kier alpha value is -3.89. The van der Waals surface area contributed by atoms with Crippen LogP contribution >= 0.6 is 15.9 Å². The number of anilines is 2. The predicted octanol–water partition coefficient (Wildman–Crippen LogP) is 8.26. The van der Waals surface area contributed by atoms with E-state index in [9.17, 15) is 0 Å². The third-order valence-electron chi connectivity index (χ3n) is 6.33. The largest absolute Gasteiger partial charge is 0.360 e. The number of hydrogen-bond acceptors (Lipinski definition) is 3. The standard InChI is InChI=1S/C33H30BrN3/c34-32-22-21-31(36(23-27-13-5-1-6-14-27)24-28-15-7-2-8-16-28)33(35-32)37(25-29-17-9-3-10-18-29)26-30-19-11-4-12-20-30/h1-22H,23-26H2. The molecule has 0 aliphatic heterocycles. The molecule has 0 aliphatic carbocycles. The van der Waals surface area contributed by atoms with Gasteiger partial charge in [-0.25, -0.2) is 4.98 Å². The first-order chi connectivity index (χ1) is 18.2. The van der Waals surface area contributed by atoms with Crippen LogP contribution in [0, 0.1) is 0 Å². The Kier molecular flexibility index (Phi) is 8.29. The van der Waals surface area contributed by atoms with Crippen molar-refractivity contribution >= 4 is 27.4 Å². The van der Waals surface area contributed by atoms with Crippen molar-refractivity contribution in [3.63, 3.8) is 0 Å². The van der Waals surface area contributed by atoms with E-state index in [0.717, 1.165) is 42.3 Å². The molecule has 5 aromatic rings. The minimum atomic E-state index is 0.761. The van der Waals surface area contributed by atoms with Crippen LogP contribution in [0.1, 0.15) is 22.3 Å². The molecule has 0 saturated carbocycles. The van der Waals surface area contributed by atoms with Crippen molar-refractivity contribution in [3.8, 4) is 0 Å². The highest BCUT2D eigenvalue weighted by Gasteiger charge is 2.20. The Bertz CT molecular complexity index is 1290.